The summed E-state index contributed by atoms with van der Waals surface area (Å²) in [6.45, 7) is 0. The van der Waals surface area contributed by atoms with Crippen molar-refractivity contribution in [1.29, 1.82) is 0 Å². The fourth-order valence-electron chi connectivity index (χ4n) is 0. The third-order valence-electron chi connectivity index (χ3n) is 0.172. The minimum Gasteiger partial charge on any atom is -0.412 e. The Labute approximate surface area is 49.5 Å². The largest absolute Gasteiger partial charge is 0.412 e. The van der Waals surface area contributed by atoms with Crippen LogP contribution in [-0.4, -0.2) is 16.3 Å². The highest BCUT2D eigenvalue weighted by Crippen LogP contribution is 2.01. The van der Waals surface area contributed by atoms with E-state index in [0.717, 1.165) is 0 Å². The number of rotatable bonds is 1. The molecule has 44 valence electrons. The molecule has 7 heavy (non-hydrogen) atoms. The zero-order valence-corrected chi connectivity index (χ0v) is 4.63. The Balaban J connectivity index is 0. The van der Waals surface area contributed by atoms with Crippen LogP contribution in [0.2, 0.25) is 0 Å². The highest BCUT2D eigenvalue weighted by molar-refractivity contribution is 6.52. The lowest BCUT2D eigenvalue weighted by molar-refractivity contribution is -0.127. The van der Waals surface area contributed by atoms with Crippen molar-refractivity contribution in [2.45, 2.75) is 4.84 Å². The van der Waals surface area contributed by atoms with Crippen molar-refractivity contribution in [2.24, 2.45) is 0 Å². The molecule has 0 aliphatic carbocycles. The van der Waals surface area contributed by atoms with Gasteiger partial charge in [-0.2, -0.15) is 4.39 Å². The maximum absolute atomic E-state index is 10.9. The van der Waals surface area contributed by atoms with Gasteiger partial charge < -0.3 is 5.48 Å². The van der Waals surface area contributed by atoms with Crippen LogP contribution in [0.5, 0.6) is 0 Å². The molecule has 0 heterocycles. The lowest BCUT2D eigenvalue weighted by Crippen LogP contribution is -1.96. The normalized spacial score (nSPS) is 8.00. The van der Waals surface area contributed by atoms with Crippen molar-refractivity contribution >= 4 is 29.2 Å². The van der Waals surface area contributed by atoms with Crippen LogP contribution in [0.15, 0.2) is 0 Å². The lowest BCUT2D eigenvalue weighted by Gasteiger charge is -1.80. The minimum absolute atomic E-state index is 0. The van der Waals surface area contributed by atoms with E-state index in [2.05, 4.69) is 23.2 Å². The van der Waals surface area contributed by atoms with E-state index in [1.54, 1.807) is 0 Å². The summed E-state index contributed by atoms with van der Waals surface area (Å²) in [4.78, 5) is 7.70. The Hall–Kier alpha value is 0.140. The topological polar surface area (TPSA) is 48.6 Å². The fourth-order valence-corrected chi connectivity index (χ4v) is 0. The molecule has 0 aromatic rings. The first-order valence-electron chi connectivity index (χ1n) is 1.12. The van der Waals surface area contributed by atoms with Gasteiger partial charge in [0.05, 0.1) is 0 Å². The summed E-state index contributed by atoms with van der Waals surface area (Å²) in [7, 11) is 0. The number of alkyl halides is 2. The minimum atomic E-state index is -1.71. The predicted molar refractivity (Wildman–Crippen MR) is 25.2 cm³/mol. The van der Waals surface area contributed by atoms with E-state index in [9.17, 15) is 9.18 Å². The third-order valence-corrected chi connectivity index (χ3v) is 0.515. The monoisotopic (exact) mass is 148 g/mol. The zero-order chi connectivity index (χ0) is 5.15. The standard InChI is InChI=1S/C2HCl2FO.H2O/c3-1(4)2(5)6;/h1H;1H2. The van der Waals surface area contributed by atoms with Gasteiger partial charge in [0, 0.05) is 0 Å². The molecular weight excluding hydrogens is 146 g/mol. The molecule has 0 aromatic carbocycles. The summed E-state index contributed by atoms with van der Waals surface area (Å²) in [5, 5.41) is 0. The van der Waals surface area contributed by atoms with Crippen molar-refractivity contribution in [2.75, 3.05) is 0 Å². The molecule has 0 unspecified atom stereocenters. The van der Waals surface area contributed by atoms with Crippen LogP contribution in [0.4, 0.5) is 4.39 Å². The summed E-state index contributed by atoms with van der Waals surface area (Å²) in [5.41, 5.74) is 0. The molecule has 0 amide bonds. The Morgan fingerprint density at radius 1 is 1.57 bits per heavy atom. The van der Waals surface area contributed by atoms with E-state index >= 15 is 0 Å². The average molecular weight is 149 g/mol. The quantitative estimate of drug-likeness (QED) is 0.394. The van der Waals surface area contributed by atoms with Gasteiger partial charge in [-0.1, -0.05) is 23.2 Å². The van der Waals surface area contributed by atoms with Gasteiger partial charge in [-0.05, 0) is 0 Å². The van der Waals surface area contributed by atoms with Crippen molar-refractivity contribution in [3.8, 4) is 0 Å². The number of carbonyl (C=O) groups excluding carboxylic acids is 1. The van der Waals surface area contributed by atoms with E-state index in [4.69, 9.17) is 0 Å². The van der Waals surface area contributed by atoms with Gasteiger partial charge in [-0.3, -0.25) is 4.79 Å². The van der Waals surface area contributed by atoms with Gasteiger partial charge >= 0.3 is 6.04 Å². The number of carbonyl (C=O) groups is 1. The summed E-state index contributed by atoms with van der Waals surface area (Å²) in [5.74, 6) is 0. The molecule has 0 spiro atoms. The fraction of sp³-hybridized carbons (Fsp3) is 0.500. The molecule has 2 N–H and O–H groups in total. The average Bonchev–Trinajstić information content (AvgIpc) is 1.36. The van der Waals surface area contributed by atoms with Crippen LogP contribution in [0.25, 0.3) is 0 Å². The second kappa shape index (κ2) is 4.30. The second-order valence-corrected chi connectivity index (χ2v) is 1.70. The Morgan fingerprint density at radius 3 is 1.71 bits per heavy atom. The van der Waals surface area contributed by atoms with Crippen LogP contribution in [0.3, 0.4) is 0 Å². The van der Waals surface area contributed by atoms with Gasteiger partial charge in [-0.15, -0.1) is 0 Å². The molecule has 0 saturated carbocycles. The summed E-state index contributed by atoms with van der Waals surface area (Å²) >= 11 is 9.31. The van der Waals surface area contributed by atoms with Crippen molar-refractivity contribution in [1.82, 2.24) is 0 Å². The van der Waals surface area contributed by atoms with Crippen LogP contribution in [0.1, 0.15) is 0 Å². The molecule has 0 radical (unpaired) electrons. The van der Waals surface area contributed by atoms with Gasteiger partial charge in [0.2, 0.25) is 0 Å². The number of hydrogen-bond acceptors (Lipinski definition) is 1. The maximum atomic E-state index is 10.9. The molecular formula is C2H3Cl2FO2. The molecule has 0 aromatic heterocycles. The van der Waals surface area contributed by atoms with E-state index in [1.807, 2.05) is 0 Å². The third kappa shape index (κ3) is 6.14. The van der Waals surface area contributed by atoms with Gasteiger partial charge in [0.1, 0.15) is 0 Å². The smallest absolute Gasteiger partial charge is 0.334 e. The van der Waals surface area contributed by atoms with E-state index in [1.165, 1.54) is 0 Å². The van der Waals surface area contributed by atoms with Crippen molar-refractivity contribution in [3.63, 3.8) is 0 Å². The first kappa shape index (κ1) is 10.2. The van der Waals surface area contributed by atoms with Gasteiger partial charge in [-0.25, -0.2) is 0 Å². The molecule has 0 atom stereocenters. The Morgan fingerprint density at radius 2 is 1.71 bits per heavy atom. The SMILES string of the molecule is O.O=C(F)C(Cl)Cl. The van der Waals surface area contributed by atoms with Crippen LogP contribution in [-0.2, 0) is 4.79 Å². The lowest BCUT2D eigenvalue weighted by atomic mass is 10.9. The van der Waals surface area contributed by atoms with Gasteiger partial charge in [0.25, 0.3) is 0 Å². The van der Waals surface area contributed by atoms with E-state index in [-0.39, 0.29) is 5.48 Å². The van der Waals surface area contributed by atoms with Crippen LogP contribution in [0, 0.1) is 0 Å². The van der Waals surface area contributed by atoms with Crippen LogP contribution < -0.4 is 0 Å². The first-order chi connectivity index (χ1) is 2.64. The zero-order valence-electron chi connectivity index (χ0n) is 3.12. The number of halogens is 3. The number of hydrogen-bond donors (Lipinski definition) is 0. The molecule has 0 rings (SSSR count). The maximum Gasteiger partial charge on any atom is 0.334 e. The van der Waals surface area contributed by atoms with Crippen LogP contribution >= 0.6 is 23.2 Å². The van der Waals surface area contributed by atoms with Crippen molar-refractivity contribution in [3.05, 3.63) is 0 Å². The van der Waals surface area contributed by atoms with Crippen molar-refractivity contribution < 1.29 is 14.7 Å². The van der Waals surface area contributed by atoms with E-state index in [0.29, 0.717) is 0 Å². The molecule has 0 bridgehead atoms. The summed E-state index contributed by atoms with van der Waals surface area (Å²) in [6, 6.07) is -1.71. The second-order valence-electron chi connectivity index (χ2n) is 0.605. The molecule has 0 aliphatic rings. The van der Waals surface area contributed by atoms with E-state index < -0.39 is 10.9 Å². The molecule has 0 aliphatic heterocycles. The summed E-state index contributed by atoms with van der Waals surface area (Å²) < 4.78 is 10.9. The molecule has 0 fully saturated rings. The Bertz CT molecular complexity index is 64.7. The first-order valence-corrected chi connectivity index (χ1v) is 1.99. The molecule has 0 saturated heterocycles. The predicted octanol–water partition coefficient (Wildman–Crippen LogP) is 0.462. The highest BCUT2D eigenvalue weighted by Gasteiger charge is 2.07. The highest BCUT2D eigenvalue weighted by atomic mass is 35.5. The molecule has 2 nitrogen and oxygen atoms in total. The van der Waals surface area contributed by atoms with Gasteiger partial charge in [0.15, 0.2) is 4.84 Å². The molecule has 5 heteroatoms. The summed E-state index contributed by atoms with van der Waals surface area (Å²) in [6.07, 6.45) is 0. The Kier molecular flexibility index (Phi) is 6.26.